The average Bonchev–Trinajstić information content (AvgIpc) is 2.09. The van der Waals surface area contributed by atoms with Crippen molar-refractivity contribution in [3.8, 4) is 0 Å². The number of hydrogen-bond acceptors (Lipinski definition) is 5. The molecule has 1 fully saturated rings. The molecule has 0 amide bonds. The third-order valence-corrected chi connectivity index (χ3v) is 3.33. The summed E-state index contributed by atoms with van der Waals surface area (Å²) < 4.78 is 5.11. The average molecular weight is 209 g/mol. The summed E-state index contributed by atoms with van der Waals surface area (Å²) in [6.07, 6.45) is 0.501. The molecular formula is C7H15NO2S2. The van der Waals surface area contributed by atoms with E-state index in [2.05, 4.69) is 17.0 Å². The lowest BCUT2D eigenvalue weighted by atomic mass is 10.1. The molecule has 0 aromatic rings. The summed E-state index contributed by atoms with van der Waals surface area (Å²) in [7, 11) is 1.45. The van der Waals surface area contributed by atoms with Crippen molar-refractivity contribution < 1.29 is 9.84 Å². The quantitative estimate of drug-likeness (QED) is 0.363. The molecule has 5 heteroatoms. The van der Waals surface area contributed by atoms with Gasteiger partial charge in [0.25, 0.3) is 0 Å². The Morgan fingerprint density at radius 1 is 1.75 bits per heavy atom. The molecule has 1 aliphatic rings. The normalized spacial score (nSPS) is 33.2. The van der Waals surface area contributed by atoms with Crippen molar-refractivity contribution in [2.24, 2.45) is 0 Å². The predicted molar refractivity (Wildman–Crippen MR) is 54.4 cm³/mol. The number of hydrogen-bond donors (Lipinski definition) is 3. The molecule has 1 rings (SSSR count). The van der Waals surface area contributed by atoms with Crippen LogP contribution in [0.4, 0.5) is 0 Å². The van der Waals surface area contributed by atoms with Crippen molar-refractivity contribution >= 4 is 22.5 Å². The van der Waals surface area contributed by atoms with E-state index in [-0.39, 0.29) is 17.5 Å². The number of thiol groups is 1. The maximum atomic E-state index is 9.49. The van der Waals surface area contributed by atoms with E-state index in [1.54, 1.807) is 0 Å². The Kier molecular flexibility index (Phi) is 4.74. The zero-order chi connectivity index (χ0) is 8.97. The summed E-state index contributed by atoms with van der Waals surface area (Å²) in [5, 5.41) is 13.0. The van der Waals surface area contributed by atoms with Crippen LogP contribution in [0.5, 0.6) is 0 Å². The van der Waals surface area contributed by atoms with Crippen molar-refractivity contribution in [3.63, 3.8) is 0 Å². The fraction of sp³-hybridized carbons (Fsp3) is 1.00. The van der Waals surface area contributed by atoms with Crippen LogP contribution in [0.25, 0.3) is 0 Å². The van der Waals surface area contributed by atoms with Crippen molar-refractivity contribution in [3.05, 3.63) is 0 Å². The van der Waals surface area contributed by atoms with Crippen molar-refractivity contribution in [1.82, 2.24) is 5.32 Å². The monoisotopic (exact) mass is 209 g/mol. The summed E-state index contributed by atoms with van der Waals surface area (Å²) in [6, 6.07) is 0.161. The molecule has 3 unspecified atom stereocenters. The highest BCUT2D eigenvalue weighted by Crippen LogP contribution is 2.15. The van der Waals surface area contributed by atoms with Crippen LogP contribution in [-0.2, 0) is 4.74 Å². The molecule has 0 aliphatic carbocycles. The highest BCUT2D eigenvalue weighted by molar-refractivity contribution is 8.68. The maximum Gasteiger partial charge on any atom is 0.0927 e. The molecule has 72 valence electrons. The van der Waals surface area contributed by atoms with Crippen molar-refractivity contribution in [1.29, 1.82) is 0 Å². The highest BCUT2D eigenvalue weighted by atomic mass is 33.1. The fourth-order valence-corrected chi connectivity index (χ4v) is 1.67. The van der Waals surface area contributed by atoms with Crippen LogP contribution in [0.15, 0.2) is 0 Å². The first kappa shape index (κ1) is 10.7. The van der Waals surface area contributed by atoms with Gasteiger partial charge in [0.05, 0.1) is 18.1 Å². The predicted octanol–water partition coefficient (Wildman–Crippen LogP) is 0.650. The molecule has 12 heavy (non-hydrogen) atoms. The van der Waals surface area contributed by atoms with Crippen LogP contribution in [0.3, 0.4) is 0 Å². The van der Waals surface area contributed by atoms with E-state index in [1.807, 2.05) is 6.92 Å². The minimum atomic E-state index is -0.373. The number of ether oxygens (including phenoxy) is 1. The van der Waals surface area contributed by atoms with Gasteiger partial charge >= 0.3 is 0 Å². The first-order valence-corrected chi connectivity index (χ1v) is 5.99. The molecule has 1 aliphatic heterocycles. The Labute approximate surface area is 82.1 Å². The molecule has 0 bridgehead atoms. The van der Waals surface area contributed by atoms with Crippen LogP contribution in [-0.4, -0.2) is 35.8 Å². The Morgan fingerprint density at radius 2 is 2.50 bits per heavy atom. The van der Waals surface area contributed by atoms with Crippen LogP contribution in [0.2, 0.25) is 0 Å². The van der Waals surface area contributed by atoms with Gasteiger partial charge in [0.2, 0.25) is 0 Å². The van der Waals surface area contributed by atoms with E-state index in [4.69, 9.17) is 4.74 Å². The number of aliphatic hydroxyl groups excluding tert-OH is 1. The number of rotatable bonds is 3. The van der Waals surface area contributed by atoms with Gasteiger partial charge < -0.3 is 9.84 Å². The Balaban J connectivity index is 2.28. The highest BCUT2D eigenvalue weighted by Gasteiger charge is 2.24. The molecule has 0 saturated carbocycles. The Morgan fingerprint density at radius 3 is 3.08 bits per heavy atom. The van der Waals surface area contributed by atoms with E-state index in [1.165, 1.54) is 10.8 Å². The summed E-state index contributed by atoms with van der Waals surface area (Å²) >= 11 is 4.09. The number of aliphatic hydroxyl groups is 1. The van der Waals surface area contributed by atoms with Gasteiger partial charge in [0.1, 0.15) is 0 Å². The van der Waals surface area contributed by atoms with E-state index >= 15 is 0 Å². The molecule has 3 nitrogen and oxygen atoms in total. The first-order valence-electron chi connectivity index (χ1n) is 4.06. The Bertz CT molecular complexity index is 137. The Hall–Kier alpha value is 0.580. The van der Waals surface area contributed by atoms with Gasteiger partial charge in [-0.1, -0.05) is 10.8 Å². The van der Waals surface area contributed by atoms with Gasteiger partial charge in [-0.15, -0.1) is 11.7 Å². The molecule has 0 aromatic carbocycles. The molecule has 2 N–H and O–H groups in total. The zero-order valence-electron chi connectivity index (χ0n) is 7.06. The molecule has 3 atom stereocenters. The smallest absolute Gasteiger partial charge is 0.0927 e. The second kappa shape index (κ2) is 5.34. The minimum Gasteiger partial charge on any atom is -0.389 e. The molecular weight excluding hydrogens is 194 g/mol. The molecule has 1 saturated heterocycles. The summed E-state index contributed by atoms with van der Waals surface area (Å²) in [5.41, 5.74) is 0. The lowest BCUT2D eigenvalue weighted by Gasteiger charge is -2.30. The second-order valence-electron chi connectivity index (χ2n) is 2.95. The van der Waals surface area contributed by atoms with Gasteiger partial charge in [0, 0.05) is 12.6 Å². The van der Waals surface area contributed by atoms with Crippen LogP contribution >= 0.6 is 22.5 Å². The lowest BCUT2D eigenvalue weighted by Crippen LogP contribution is -2.48. The van der Waals surface area contributed by atoms with Gasteiger partial charge in [-0.3, -0.25) is 5.32 Å². The van der Waals surface area contributed by atoms with Crippen LogP contribution in [0.1, 0.15) is 13.3 Å². The van der Waals surface area contributed by atoms with E-state index < -0.39 is 0 Å². The summed E-state index contributed by atoms with van der Waals surface area (Å²) in [6.45, 7) is 3.21. The third kappa shape index (κ3) is 3.14. The molecule has 1 heterocycles. The molecule has 0 radical (unpaired) electrons. The lowest BCUT2D eigenvalue weighted by molar-refractivity contribution is -0.0278. The topological polar surface area (TPSA) is 41.5 Å². The standard InChI is InChI=1S/C7H15NO2S2/c1-5(12-11)8-6-2-3-10-4-7(6)9/h5-9,11H,2-4H2,1H3. The van der Waals surface area contributed by atoms with Crippen LogP contribution in [0, 0.1) is 0 Å². The molecule has 0 spiro atoms. The van der Waals surface area contributed by atoms with Crippen molar-refractivity contribution in [2.45, 2.75) is 30.9 Å². The van der Waals surface area contributed by atoms with Gasteiger partial charge in [-0.2, -0.15) is 0 Å². The fourth-order valence-electron chi connectivity index (χ4n) is 1.25. The third-order valence-electron chi connectivity index (χ3n) is 1.93. The van der Waals surface area contributed by atoms with Crippen molar-refractivity contribution in [2.75, 3.05) is 13.2 Å². The minimum absolute atomic E-state index is 0.161. The number of nitrogens with one attached hydrogen (secondary N) is 1. The summed E-state index contributed by atoms with van der Waals surface area (Å²) in [5.74, 6) is 0. The van der Waals surface area contributed by atoms with E-state index in [0.29, 0.717) is 6.61 Å². The SMILES string of the molecule is CC(NC1CCOCC1O)SS. The zero-order valence-corrected chi connectivity index (χ0v) is 8.78. The van der Waals surface area contributed by atoms with Crippen LogP contribution < -0.4 is 5.32 Å². The van der Waals surface area contributed by atoms with Gasteiger partial charge in [-0.05, 0) is 13.3 Å². The van der Waals surface area contributed by atoms with Gasteiger partial charge in [0.15, 0.2) is 0 Å². The second-order valence-corrected chi connectivity index (χ2v) is 4.50. The summed E-state index contributed by atoms with van der Waals surface area (Å²) in [4.78, 5) is 0. The largest absolute Gasteiger partial charge is 0.389 e. The van der Waals surface area contributed by atoms with E-state index in [0.717, 1.165) is 13.0 Å². The van der Waals surface area contributed by atoms with Gasteiger partial charge in [-0.25, -0.2) is 0 Å². The first-order chi connectivity index (χ1) is 5.74. The molecule has 0 aromatic heterocycles. The maximum absolute atomic E-state index is 9.49. The van der Waals surface area contributed by atoms with E-state index in [9.17, 15) is 5.11 Å².